The van der Waals surface area contributed by atoms with Gasteiger partial charge in [-0.3, -0.25) is 4.79 Å². The summed E-state index contributed by atoms with van der Waals surface area (Å²) < 4.78 is 25.5. The average Bonchev–Trinajstić information content (AvgIpc) is 2.93. The predicted octanol–water partition coefficient (Wildman–Crippen LogP) is 2.37. The number of aliphatic carboxylic acids is 1. The van der Waals surface area contributed by atoms with Crippen LogP contribution in [-0.2, 0) is 11.2 Å². The summed E-state index contributed by atoms with van der Waals surface area (Å²) >= 11 is 0. The number of hydrogen-bond acceptors (Lipinski definition) is 1. The number of rotatable bonds is 3. The molecule has 0 aromatic heterocycles. The zero-order valence-corrected chi connectivity index (χ0v) is 7.96. The molecule has 0 bridgehead atoms. The summed E-state index contributed by atoms with van der Waals surface area (Å²) in [5.74, 6) is -2.68. The third-order valence-electron chi connectivity index (χ3n) is 2.83. The molecule has 0 saturated heterocycles. The normalized spacial score (nSPS) is 17.5. The van der Waals surface area contributed by atoms with E-state index in [1.54, 1.807) is 0 Å². The van der Waals surface area contributed by atoms with E-state index in [0.29, 0.717) is 18.4 Å². The first-order valence-electron chi connectivity index (χ1n) is 4.71. The van der Waals surface area contributed by atoms with E-state index in [1.807, 2.05) is 0 Å². The summed E-state index contributed by atoms with van der Waals surface area (Å²) in [5.41, 5.74) is -0.196. The molecule has 0 unspecified atom stereocenters. The fourth-order valence-corrected chi connectivity index (χ4v) is 1.66. The van der Waals surface area contributed by atoms with E-state index >= 15 is 0 Å². The minimum absolute atomic E-state index is 0.277. The van der Waals surface area contributed by atoms with Crippen LogP contribution in [0.25, 0.3) is 0 Å². The molecule has 1 aromatic carbocycles. The maximum atomic E-state index is 12.9. The van der Waals surface area contributed by atoms with Crippen LogP contribution in [0.4, 0.5) is 8.78 Å². The first-order chi connectivity index (χ1) is 7.03. The van der Waals surface area contributed by atoms with Gasteiger partial charge in [0.25, 0.3) is 0 Å². The van der Waals surface area contributed by atoms with Crippen LogP contribution in [0.15, 0.2) is 18.2 Å². The molecule has 0 heterocycles. The van der Waals surface area contributed by atoms with E-state index in [-0.39, 0.29) is 6.42 Å². The standard InChI is InChI=1S/C11H10F2O2/c12-8-2-1-7(5-9(8)13)6-11(3-4-11)10(14)15/h1-2,5H,3-4,6H2,(H,14,15). The molecule has 1 saturated carbocycles. The van der Waals surface area contributed by atoms with Crippen LogP contribution in [0.5, 0.6) is 0 Å². The van der Waals surface area contributed by atoms with E-state index < -0.39 is 23.0 Å². The van der Waals surface area contributed by atoms with E-state index in [9.17, 15) is 13.6 Å². The van der Waals surface area contributed by atoms with Crippen LogP contribution in [0.1, 0.15) is 18.4 Å². The lowest BCUT2D eigenvalue weighted by molar-refractivity contribution is -0.143. The highest BCUT2D eigenvalue weighted by molar-refractivity contribution is 5.78. The van der Waals surface area contributed by atoms with Crippen molar-refractivity contribution in [2.24, 2.45) is 5.41 Å². The van der Waals surface area contributed by atoms with Crippen LogP contribution in [0.3, 0.4) is 0 Å². The monoisotopic (exact) mass is 212 g/mol. The molecule has 0 atom stereocenters. The highest BCUT2D eigenvalue weighted by Crippen LogP contribution is 2.48. The zero-order valence-electron chi connectivity index (χ0n) is 7.96. The fourth-order valence-electron chi connectivity index (χ4n) is 1.66. The Morgan fingerprint density at radius 1 is 1.33 bits per heavy atom. The second-order valence-corrected chi connectivity index (χ2v) is 4.01. The molecule has 2 rings (SSSR count). The summed E-state index contributed by atoms with van der Waals surface area (Å²) in [5, 5.41) is 8.92. The Bertz CT molecular complexity index is 411. The molecule has 1 aromatic rings. The van der Waals surface area contributed by atoms with E-state index in [0.717, 1.165) is 12.1 Å². The van der Waals surface area contributed by atoms with Crippen LogP contribution < -0.4 is 0 Å². The molecule has 0 aliphatic heterocycles. The number of carbonyl (C=O) groups is 1. The van der Waals surface area contributed by atoms with Gasteiger partial charge in [-0.1, -0.05) is 6.07 Å². The Hall–Kier alpha value is -1.45. The molecule has 80 valence electrons. The third kappa shape index (κ3) is 1.84. The zero-order chi connectivity index (χ0) is 11.1. The second-order valence-electron chi connectivity index (χ2n) is 4.01. The highest BCUT2D eigenvalue weighted by Gasteiger charge is 2.49. The van der Waals surface area contributed by atoms with Crippen LogP contribution in [0, 0.1) is 17.0 Å². The lowest BCUT2D eigenvalue weighted by atomic mass is 9.97. The van der Waals surface area contributed by atoms with Gasteiger partial charge in [-0.2, -0.15) is 0 Å². The van der Waals surface area contributed by atoms with Gasteiger partial charge < -0.3 is 5.11 Å². The van der Waals surface area contributed by atoms with Gasteiger partial charge in [0, 0.05) is 0 Å². The van der Waals surface area contributed by atoms with Crippen LogP contribution >= 0.6 is 0 Å². The van der Waals surface area contributed by atoms with Crippen molar-refractivity contribution in [3.63, 3.8) is 0 Å². The van der Waals surface area contributed by atoms with Crippen molar-refractivity contribution >= 4 is 5.97 Å². The summed E-state index contributed by atoms with van der Waals surface area (Å²) in [6, 6.07) is 3.53. The molecule has 1 aliphatic carbocycles. The Labute approximate surface area is 85.5 Å². The van der Waals surface area contributed by atoms with Crippen molar-refractivity contribution in [2.45, 2.75) is 19.3 Å². The largest absolute Gasteiger partial charge is 0.481 e. The molecule has 2 nitrogen and oxygen atoms in total. The Kier molecular flexibility index (Phi) is 2.21. The van der Waals surface area contributed by atoms with Crippen molar-refractivity contribution < 1.29 is 18.7 Å². The SMILES string of the molecule is O=C(O)C1(Cc2ccc(F)c(F)c2)CC1. The van der Waals surface area contributed by atoms with Gasteiger partial charge in [0.05, 0.1) is 5.41 Å². The van der Waals surface area contributed by atoms with Crippen molar-refractivity contribution in [3.8, 4) is 0 Å². The predicted molar refractivity (Wildman–Crippen MR) is 49.4 cm³/mol. The Morgan fingerprint density at radius 2 is 2.00 bits per heavy atom. The molecule has 0 spiro atoms. The quantitative estimate of drug-likeness (QED) is 0.835. The molecule has 1 N–H and O–H groups in total. The van der Waals surface area contributed by atoms with Gasteiger partial charge in [-0.05, 0) is 37.0 Å². The average molecular weight is 212 g/mol. The highest BCUT2D eigenvalue weighted by atomic mass is 19.2. The molecule has 1 fully saturated rings. The number of benzene rings is 1. The van der Waals surface area contributed by atoms with Gasteiger partial charge >= 0.3 is 5.97 Å². The lowest BCUT2D eigenvalue weighted by Crippen LogP contribution is -2.17. The Morgan fingerprint density at radius 3 is 2.47 bits per heavy atom. The number of hydrogen-bond donors (Lipinski definition) is 1. The molecule has 15 heavy (non-hydrogen) atoms. The van der Waals surface area contributed by atoms with E-state index in [1.165, 1.54) is 6.07 Å². The molecule has 1 aliphatic rings. The molecule has 0 radical (unpaired) electrons. The molecular formula is C11H10F2O2. The van der Waals surface area contributed by atoms with Gasteiger partial charge in [-0.25, -0.2) is 8.78 Å². The third-order valence-corrected chi connectivity index (χ3v) is 2.83. The Balaban J connectivity index is 2.18. The van der Waals surface area contributed by atoms with Crippen LogP contribution in [0.2, 0.25) is 0 Å². The van der Waals surface area contributed by atoms with E-state index in [2.05, 4.69) is 0 Å². The van der Waals surface area contributed by atoms with Crippen molar-refractivity contribution in [1.82, 2.24) is 0 Å². The number of halogens is 2. The van der Waals surface area contributed by atoms with Crippen LogP contribution in [-0.4, -0.2) is 11.1 Å². The molecular weight excluding hydrogens is 202 g/mol. The van der Waals surface area contributed by atoms with E-state index in [4.69, 9.17) is 5.11 Å². The fraction of sp³-hybridized carbons (Fsp3) is 0.364. The van der Waals surface area contributed by atoms with Gasteiger partial charge in [0.2, 0.25) is 0 Å². The summed E-state index contributed by atoms with van der Waals surface area (Å²) in [7, 11) is 0. The smallest absolute Gasteiger partial charge is 0.309 e. The van der Waals surface area contributed by atoms with Gasteiger partial charge in [-0.15, -0.1) is 0 Å². The number of carboxylic acids is 1. The maximum absolute atomic E-state index is 12.9. The minimum Gasteiger partial charge on any atom is -0.481 e. The lowest BCUT2D eigenvalue weighted by Gasteiger charge is -2.09. The molecule has 0 amide bonds. The summed E-state index contributed by atoms with van der Waals surface area (Å²) in [6.07, 6.45) is 1.50. The topological polar surface area (TPSA) is 37.3 Å². The van der Waals surface area contributed by atoms with Crippen molar-refractivity contribution in [1.29, 1.82) is 0 Å². The maximum Gasteiger partial charge on any atom is 0.309 e. The summed E-state index contributed by atoms with van der Waals surface area (Å²) in [4.78, 5) is 10.9. The second kappa shape index (κ2) is 3.29. The summed E-state index contributed by atoms with van der Waals surface area (Å²) in [6.45, 7) is 0. The first-order valence-corrected chi connectivity index (χ1v) is 4.71. The van der Waals surface area contributed by atoms with Crippen molar-refractivity contribution in [3.05, 3.63) is 35.4 Å². The minimum atomic E-state index is -0.923. The number of carboxylic acid groups (broad SMARTS) is 1. The van der Waals surface area contributed by atoms with Crippen molar-refractivity contribution in [2.75, 3.05) is 0 Å². The van der Waals surface area contributed by atoms with Gasteiger partial charge in [0.1, 0.15) is 0 Å². The van der Waals surface area contributed by atoms with Gasteiger partial charge in [0.15, 0.2) is 11.6 Å². The molecule has 4 heteroatoms. The first kappa shape index (κ1) is 10.1.